The highest BCUT2D eigenvalue weighted by Gasteiger charge is 2.37. The molecule has 6 rings (SSSR count). The Labute approximate surface area is 226 Å². The summed E-state index contributed by atoms with van der Waals surface area (Å²) < 4.78 is 42.0. The number of esters is 1. The highest BCUT2D eigenvalue weighted by atomic mass is 19.3. The van der Waals surface area contributed by atoms with Crippen LogP contribution in [0.2, 0.25) is 0 Å². The standard InChI is InChI=1S/C29H33F2N5O3/c1-17(28(37)38-2)36-16-32-25-24(33-29(34-27(25)36)35-14-20-11-12-21(15-35)39-20)22-13-10-19-7-4-3-6-18(19)8-5-9-23(22)26(30)31/h3-4,6-7,9,16-17,20-22,26H,5,8,10-15H2,1-2H3. The number of hydrogen-bond acceptors (Lipinski definition) is 7. The largest absolute Gasteiger partial charge is 0.467 e. The van der Waals surface area contributed by atoms with Crippen molar-refractivity contribution in [3.05, 3.63) is 59.1 Å². The van der Waals surface area contributed by atoms with Crippen molar-refractivity contribution in [1.82, 2.24) is 19.5 Å². The van der Waals surface area contributed by atoms with Gasteiger partial charge in [0.1, 0.15) is 11.6 Å². The fourth-order valence-corrected chi connectivity index (χ4v) is 6.24. The Balaban J connectivity index is 1.49. The minimum atomic E-state index is -2.63. The summed E-state index contributed by atoms with van der Waals surface area (Å²) in [7, 11) is 1.34. The molecule has 1 aliphatic carbocycles. The smallest absolute Gasteiger partial charge is 0.328 e. The summed E-state index contributed by atoms with van der Waals surface area (Å²) in [6.07, 6.45) is 5.11. The van der Waals surface area contributed by atoms with E-state index in [1.165, 1.54) is 24.6 Å². The van der Waals surface area contributed by atoms with Gasteiger partial charge in [-0.15, -0.1) is 0 Å². The van der Waals surface area contributed by atoms with Gasteiger partial charge < -0.3 is 18.9 Å². The molecule has 39 heavy (non-hydrogen) atoms. The number of ether oxygens (including phenoxy) is 2. The molecule has 0 N–H and O–H groups in total. The van der Waals surface area contributed by atoms with Gasteiger partial charge in [0.15, 0.2) is 5.65 Å². The molecule has 0 radical (unpaired) electrons. The molecule has 2 saturated heterocycles. The Morgan fingerprint density at radius 2 is 1.79 bits per heavy atom. The normalized spacial score (nSPS) is 24.1. The van der Waals surface area contributed by atoms with Crippen LogP contribution in [0.4, 0.5) is 14.7 Å². The maximum absolute atomic E-state index is 14.7. The molecule has 3 aliphatic rings. The van der Waals surface area contributed by atoms with E-state index < -0.39 is 24.4 Å². The van der Waals surface area contributed by atoms with Crippen molar-refractivity contribution in [3.8, 4) is 0 Å². The van der Waals surface area contributed by atoms with Gasteiger partial charge in [-0.3, -0.25) is 0 Å². The Kier molecular flexibility index (Phi) is 7.05. The predicted octanol–water partition coefficient (Wildman–Crippen LogP) is 4.78. The summed E-state index contributed by atoms with van der Waals surface area (Å²) >= 11 is 0. The first-order chi connectivity index (χ1) is 18.9. The molecule has 10 heteroatoms. The highest BCUT2D eigenvalue weighted by Crippen LogP contribution is 2.39. The van der Waals surface area contributed by atoms with Crippen molar-refractivity contribution in [2.75, 3.05) is 25.1 Å². The van der Waals surface area contributed by atoms with Crippen molar-refractivity contribution >= 4 is 23.1 Å². The molecule has 0 amide bonds. The third-order valence-electron chi connectivity index (χ3n) is 8.32. The number of rotatable bonds is 5. The fourth-order valence-electron chi connectivity index (χ4n) is 6.24. The van der Waals surface area contributed by atoms with E-state index in [0.717, 1.165) is 12.8 Å². The van der Waals surface area contributed by atoms with Crippen molar-refractivity contribution in [3.63, 3.8) is 0 Å². The lowest BCUT2D eigenvalue weighted by Crippen LogP contribution is -2.43. The van der Waals surface area contributed by atoms with Crippen molar-refractivity contribution in [1.29, 1.82) is 0 Å². The zero-order valence-electron chi connectivity index (χ0n) is 22.2. The molecule has 206 valence electrons. The van der Waals surface area contributed by atoms with Gasteiger partial charge in [-0.25, -0.2) is 23.5 Å². The number of allylic oxidation sites excluding steroid dienone is 2. The first kappa shape index (κ1) is 25.9. The van der Waals surface area contributed by atoms with Gasteiger partial charge in [0.25, 0.3) is 6.43 Å². The number of alkyl halides is 2. The van der Waals surface area contributed by atoms with Gasteiger partial charge in [0.2, 0.25) is 5.95 Å². The highest BCUT2D eigenvalue weighted by molar-refractivity contribution is 5.80. The topological polar surface area (TPSA) is 82.4 Å². The number of anilines is 1. The average molecular weight is 538 g/mol. The number of aromatic nitrogens is 4. The second-order valence-corrected chi connectivity index (χ2v) is 10.7. The number of morpholine rings is 1. The monoisotopic (exact) mass is 537 g/mol. The number of benzene rings is 1. The van der Waals surface area contributed by atoms with Crippen LogP contribution in [-0.4, -0.2) is 64.3 Å². The zero-order valence-corrected chi connectivity index (χ0v) is 22.2. The molecule has 4 heterocycles. The summed E-state index contributed by atoms with van der Waals surface area (Å²) in [5.41, 5.74) is 3.81. The quantitative estimate of drug-likeness (QED) is 0.342. The van der Waals surface area contributed by atoms with E-state index in [9.17, 15) is 13.6 Å². The van der Waals surface area contributed by atoms with E-state index in [-0.39, 0.29) is 17.8 Å². The molecule has 4 atom stereocenters. The number of hydrogen-bond donors (Lipinski definition) is 0. The average Bonchev–Trinajstić information content (AvgIpc) is 3.55. The molecule has 8 nitrogen and oxygen atoms in total. The van der Waals surface area contributed by atoms with Crippen LogP contribution in [-0.2, 0) is 27.1 Å². The molecule has 2 bridgehead atoms. The zero-order chi connectivity index (χ0) is 27.1. The number of aryl methyl sites for hydroxylation is 2. The summed E-state index contributed by atoms with van der Waals surface area (Å²) in [6.45, 7) is 2.99. The lowest BCUT2D eigenvalue weighted by molar-refractivity contribution is -0.143. The van der Waals surface area contributed by atoms with E-state index in [4.69, 9.17) is 19.4 Å². The molecule has 4 unspecified atom stereocenters. The SMILES string of the molecule is COC(=O)C(C)n1cnc2c(C3CCc4ccccc4CCC=C3C(F)F)nc(N3CC4CCC(C3)O4)nc21. The second-order valence-electron chi connectivity index (χ2n) is 10.7. The molecular weight excluding hydrogens is 504 g/mol. The number of halogens is 2. The van der Waals surface area contributed by atoms with Gasteiger partial charge in [0.05, 0.1) is 31.3 Å². The summed E-state index contributed by atoms with van der Waals surface area (Å²) in [5, 5.41) is 0. The molecule has 2 aliphatic heterocycles. The van der Waals surface area contributed by atoms with Crippen LogP contribution in [0.15, 0.2) is 42.2 Å². The van der Waals surface area contributed by atoms with Crippen LogP contribution in [0.1, 0.15) is 61.4 Å². The van der Waals surface area contributed by atoms with E-state index in [0.29, 0.717) is 61.6 Å². The van der Waals surface area contributed by atoms with Gasteiger partial charge in [-0.05, 0) is 56.6 Å². The van der Waals surface area contributed by atoms with Crippen LogP contribution in [0.5, 0.6) is 0 Å². The first-order valence-corrected chi connectivity index (χ1v) is 13.7. The van der Waals surface area contributed by atoms with Gasteiger partial charge in [-0.1, -0.05) is 30.3 Å². The van der Waals surface area contributed by atoms with E-state index >= 15 is 0 Å². The van der Waals surface area contributed by atoms with Crippen LogP contribution >= 0.6 is 0 Å². The maximum atomic E-state index is 14.7. The Bertz CT molecular complexity index is 1390. The van der Waals surface area contributed by atoms with Crippen LogP contribution in [0.3, 0.4) is 0 Å². The van der Waals surface area contributed by atoms with Gasteiger partial charge in [-0.2, -0.15) is 4.98 Å². The lowest BCUT2D eigenvalue weighted by atomic mass is 9.88. The number of carbonyl (C=O) groups is 1. The molecule has 0 saturated carbocycles. The van der Waals surface area contributed by atoms with Gasteiger partial charge in [0, 0.05) is 24.6 Å². The van der Waals surface area contributed by atoms with Crippen LogP contribution in [0.25, 0.3) is 11.2 Å². The molecule has 1 aromatic carbocycles. The first-order valence-electron chi connectivity index (χ1n) is 13.7. The predicted molar refractivity (Wildman–Crippen MR) is 142 cm³/mol. The molecule has 3 aromatic rings. The van der Waals surface area contributed by atoms with Gasteiger partial charge >= 0.3 is 5.97 Å². The fraction of sp³-hybridized carbons (Fsp3) is 0.517. The van der Waals surface area contributed by atoms with Crippen LogP contribution in [0, 0.1) is 0 Å². The summed E-state index contributed by atoms with van der Waals surface area (Å²) in [4.78, 5) is 29.0. The Hall–Kier alpha value is -3.40. The molecule has 2 aromatic heterocycles. The Morgan fingerprint density at radius 1 is 1.08 bits per heavy atom. The summed E-state index contributed by atoms with van der Waals surface area (Å²) in [6, 6.07) is 7.47. The van der Waals surface area contributed by atoms with Crippen molar-refractivity contribution < 1.29 is 23.0 Å². The number of fused-ring (bicyclic) bond motifs is 4. The van der Waals surface area contributed by atoms with Crippen LogP contribution < -0.4 is 4.90 Å². The molecular formula is C29H33F2N5O3. The minimum Gasteiger partial charge on any atom is -0.467 e. The van der Waals surface area contributed by atoms with E-state index in [1.807, 2.05) is 12.1 Å². The third kappa shape index (κ3) is 4.90. The Morgan fingerprint density at radius 3 is 2.49 bits per heavy atom. The number of methoxy groups -OCH3 is 1. The lowest BCUT2D eigenvalue weighted by Gasteiger charge is -2.32. The van der Waals surface area contributed by atoms with E-state index in [1.54, 1.807) is 17.6 Å². The van der Waals surface area contributed by atoms with Crippen molar-refractivity contribution in [2.45, 2.75) is 76.0 Å². The molecule has 2 fully saturated rings. The third-order valence-corrected chi connectivity index (χ3v) is 8.32. The minimum absolute atomic E-state index is 0.0753. The molecule has 0 spiro atoms. The van der Waals surface area contributed by atoms with Crippen molar-refractivity contribution in [2.24, 2.45) is 0 Å². The number of imidazole rings is 1. The summed E-state index contributed by atoms with van der Waals surface area (Å²) in [5.74, 6) is -0.618. The number of carbonyl (C=O) groups excluding carboxylic acids is 1. The number of nitrogens with zero attached hydrogens (tertiary/aromatic N) is 5. The maximum Gasteiger partial charge on any atom is 0.328 e. The second kappa shape index (κ2) is 10.6. The van der Waals surface area contributed by atoms with E-state index in [2.05, 4.69) is 22.0 Å².